The molecule has 6 aromatic carbocycles. The van der Waals surface area contributed by atoms with E-state index in [1.807, 2.05) is 60.7 Å². The van der Waals surface area contributed by atoms with Crippen LogP contribution < -0.4 is 31.7 Å². The van der Waals surface area contributed by atoms with Gasteiger partial charge in [-0.3, -0.25) is 4.79 Å². The largest absolute Gasteiger partial charge is 0.338 e. The van der Waals surface area contributed by atoms with Gasteiger partial charge >= 0.3 is 12.1 Å². The number of carbonyl (C=O) groups is 3. The Morgan fingerprint density at radius 3 is 1.38 bits per heavy atom. The van der Waals surface area contributed by atoms with Gasteiger partial charge in [0.1, 0.15) is 5.75 Å². The first-order valence-electron chi connectivity index (χ1n) is 27.0. The Morgan fingerprint density at radius 2 is 0.923 bits per heavy atom. The van der Waals surface area contributed by atoms with E-state index in [1.54, 1.807) is 36.4 Å². The van der Waals surface area contributed by atoms with Crippen LogP contribution in [0.1, 0.15) is 92.4 Å². The lowest BCUT2D eigenvalue weighted by molar-refractivity contribution is -0.113. The van der Waals surface area contributed by atoms with Crippen molar-refractivity contribution in [3.8, 4) is 0 Å². The van der Waals surface area contributed by atoms with Gasteiger partial charge in [0.05, 0.1) is 16.3 Å². The standard InChI is InChI=1S/C30H34N4O4S.C22H26N2O3S.C9H9NO/c35-29(31-18-16-21-6-2-1-3-7-21)32-19-17-22-12-14-25(15-13-22)39(37,38)34-30(36)33-28-26-10-4-8-23(26)20-24-9-5-11-27(24)28;23-12-11-15-7-9-18(10-8-15)28(26,27)14-21(25)24-22-19-5-1-3-16(19)13-17-4-2-6-20(17)22;11-8-10-7-6-9-4-2-1-3-5-9/h1-3,6-7,12-15,20H,4-5,8-11,16-19H2,(H2,31,32,35)(H2,33,34,36);7-10,13H,1-6,11-12,14,23H2,(H,24,25);1-5H,6-7H2. The smallest absolute Gasteiger partial charge is 0.333 e. The van der Waals surface area contributed by atoms with Crippen LogP contribution in [-0.2, 0) is 106 Å². The molecule has 4 aliphatic rings. The molecule has 6 aromatic rings. The maximum atomic E-state index is 12.9. The lowest BCUT2D eigenvalue weighted by Crippen LogP contribution is -2.37. The lowest BCUT2D eigenvalue weighted by Gasteiger charge is -2.16. The number of carbonyl (C=O) groups excluding carboxylic acids is 4. The van der Waals surface area contributed by atoms with Gasteiger partial charge in [-0.1, -0.05) is 97.1 Å². The van der Waals surface area contributed by atoms with Crippen LogP contribution in [0.25, 0.3) is 0 Å². The molecule has 17 heteroatoms. The lowest BCUT2D eigenvalue weighted by atomic mass is 9.98. The summed E-state index contributed by atoms with van der Waals surface area (Å²) in [5.41, 5.74) is 21.3. The molecule has 0 saturated heterocycles. The number of amides is 5. The van der Waals surface area contributed by atoms with Crippen LogP contribution in [0.4, 0.5) is 21.0 Å². The number of hydrogen-bond acceptors (Lipinski definition) is 10. The number of hydrogen-bond donors (Lipinski definition) is 6. The summed E-state index contributed by atoms with van der Waals surface area (Å²) in [6, 6.07) is 36.4. The van der Waals surface area contributed by atoms with Crippen molar-refractivity contribution in [3.63, 3.8) is 0 Å². The molecule has 0 heterocycles. The average molecular weight is 1090 g/mol. The van der Waals surface area contributed by atoms with E-state index in [2.05, 4.69) is 43.1 Å². The minimum absolute atomic E-state index is 0.0107. The van der Waals surface area contributed by atoms with Gasteiger partial charge in [0.15, 0.2) is 9.84 Å². The van der Waals surface area contributed by atoms with Crippen LogP contribution in [0.3, 0.4) is 0 Å². The van der Waals surface area contributed by atoms with Gasteiger partial charge in [0, 0.05) is 24.5 Å². The van der Waals surface area contributed by atoms with Crippen molar-refractivity contribution >= 4 is 55.3 Å². The molecule has 0 saturated carbocycles. The third-order valence-corrected chi connectivity index (χ3v) is 17.6. The van der Waals surface area contributed by atoms with Gasteiger partial charge in [-0.2, -0.15) is 0 Å². The first-order valence-corrected chi connectivity index (χ1v) is 30.1. The molecule has 0 aromatic heterocycles. The molecular weight excluding hydrogens is 1020 g/mol. The number of aliphatic imine (C=N–C) groups is 1. The first kappa shape index (κ1) is 56.8. The molecular formula is C61H69N7O8S2. The van der Waals surface area contributed by atoms with Crippen LogP contribution in [-0.4, -0.2) is 72.8 Å². The maximum Gasteiger partial charge on any atom is 0.333 e. The number of rotatable bonds is 18. The van der Waals surface area contributed by atoms with Crippen molar-refractivity contribution < 1.29 is 36.0 Å². The van der Waals surface area contributed by atoms with Crippen molar-refractivity contribution in [2.45, 2.75) is 113 Å². The minimum Gasteiger partial charge on any atom is -0.338 e. The molecule has 0 unspecified atom stereocenters. The van der Waals surface area contributed by atoms with Gasteiger partial charge in [-0.05, 0) is 200 Å². The van der Waals surface area contributed by atoms with Crippen molar-refractivity contribution in [2.24, 2.45) is 10.7 Å². The van der Waals surface area contributed by atoms with E-state index in [1.165, 1.54) is 57.2 Å². The first-order chi connectivity index (χ1) is 37.8. The summed E-state index contributed by atoms with van der Waals surface area (Å²) >= 11 is 0. The molecule has 0 atom stereocenters. The number of sulfonamides is 1. The zero-order valence-corrected chi connectivity index (χ0v) is 45.6. The van der Waals surface area contributed by atoms with Gasteiger partial charge in [-0.25, -0.2) is 40.9 Å². The van der Waals surface area contributed by atoms with E-state index in [4.69, 9.17) is 5.73 Å². The molecule has 7 N–H and O–H groups in total. The van der Waals surface area contributed by atoms with Gasteiger partial charge < -0.3 is 27.0 Å². The number of fused-ring (bicyclic) bond motifs is 4. The summed E-state index contributed by atoms with van der Waals surface area (Å²) < 4.78 is 53.3. The van der Waals surface area contributed by atoms with Crippen LogP contribution in [0.2, 0.25) is 0 Å². The molecule has 78 heavy (non-hydrogen) atoms. The molecule has 15 nitrogen and oxygen atoms in total. The number of sulfone groups is 1. The molecule has 10 rings (SSSR count). The predicted octanol–water partition coefficient (Wildman–Crippen LogP) is 8.40. The van der Waals surface area contributed by atoms with Gasteiger partial charge in [-0.15, -0.1) is 0 Å². The number of aryl methyl sites for hydroxylation is 4. The second kappa shape index (κ2) is 27.2. The summed E-state index contributed by atoms with van der Waals surface area (Å²) in [4.78, 5) is 50.8. The number of urea groups is 2. The molecule has 0 bridgehead atoms. The Balaban J connectivity index is 0.000000178. The number of isocyanates is 1. The molecule has 0 fully saturated rings. The van der Waals surface area contributed by atoms with Gasteiger partial charge in [0.2, 0.25) is 12.0 Å². The topological polar surface area (TPSA) is 235 Å². The molecule has 0 radical (unpaired) electrons. The number of nitrogens with zero attached hydrogens (tertiary/aromatic N) is 1. The fourth-order valence-corrected chi connectivity index (χ4v) is 12.8. The highest BCUT2D eigenvalue weighted by Crippen LogP contribution is 2.40. The Bertz CT molecular complexity index is 3280. The maximum absolute atomic E-state index is 12.9. The Hall–Kier alpha value is -7.43. The van der Waals surface area contributed by atoms with E-state index < -0.39 is 37.6 Å². The highest BCUT2D eigenvalue weighted by atomic mass is 32.2. The number of nitrogens with one attached hydrogen (secondary N) is 5. The number of benzene rings is 6. The third kappa shape index (κ3) is 15.4. The number of nitrogens with two attached hydrogens (primary N) is 1. The summed E-state index contributed by atoms with van der Waals surface area (Å²) in [6.45, 7) is 2.00. The molecule has 5 amide bonds. The quantitative estimate of drug-likeness (QED) is 0.0358. The normalized spacial score (nSPS) is 13.7. The third-order valence-electron chi connectivity index (χ3n) is 14.6. The van der Waals surface area contributed by atoms with E-state index in [9.17, 15) is 36.0 Å². The average Bonchev–Trinajstić information content (AvgIpc) is 4.30. The summed E-state index contributed by atoms with van der Waals surface area (Å²) in [5.74, 6) is -0.998. The summed E-state index contributed by atoms with van der Waals surface area (Å²) in [5, 5.41) is 11.5. The summed E-state index contributed by atoms with van der Waals surface area (Å²) in [6.07, 6.45) is 16.4. The van der Waals surface area contributed by atoms with Crippen molar-refractivity contribution in [1.82, 2.24) is 15.4 Å². The van der Waals surface area contributed by atoms with E-state index in [-0.39, 0.29) is 15.8 Å². The minimum atomic E-state index is -4.03. The summed E-state index contributed by atoms with van der Waals surface area (Å²) in [7, 11) is -7.72. The zero-order chi connectivity index (χ0) is 54.9. The number of anilines is 2. The van der Waals surface area contributed by atoms with Crippen molar-refractivity contribution in [2.75, 3.05) is 42.6 Å². The fraction of sp³-hybridized carbons (Fsp3) is 0.344. The zero-order valence-electron chi connectivity index (χ0n) is 44.0. The van der Waals surface area contributed by atoms with Crippen LogP contribution in [0, 0.1) is 0 Å². The van der Waals surface area contributed by atoms with E-state index in [0.717, 1.165) is 129 Å². The molecule has 0 spiro atoms. The highest BCUT2D eigenvalue weighted by Gasteiger charge is 2.29. The Morgan fingerprint density at radius 1 is 0.500 bits per heavy atom. The SMILES string of the molecule is NCCc1ccc(S(=O)(=O)CC(=O)Nc2c3c(cc4c2CCC4)CCC3)cc1.O=C(NCCc1ccccc1)NCCc1ccc(S(=O)(=O)NC(=O)Nc2c3c(cc4c2CCC4)CCC3)cc1.O=C=NCCc1ccccc1. The van der Waals surface area contributed by atoms with Crippen molar-refractivity contribution in [1.29, 1.82) is 0 Å². The van der Waals surface area contributed by atoms with Crippen LogP contribution in [0.15, 0.2) is 136 Å². The monoisotopic (exact) mass is 1090 g/mol. The molecule has 408 valence electrons. The Kier molecular flexibility index (Phi) is 19.8. The van der Waals surface area contributed by atoms with Crippen LogP contribution in [0.5, 0.6) is 0 Å². The highest BCUT2D eigenvalue weighted by molar-refractivity contribution is 7.92. The predicted molar refractivity (Wildman–Crippen MR) is 305 cm³/mol. The van der Waals surface area contributed by atoms with Gasteiger partial charge in [0.25, 0.3) is 10.0 Å². The van der Waals surface area contributed by atoms with Crippen LogP contribution >= 0.6 is 0 Å². The second-order valence-corrected chi connectivity index (χ2v) is 23.7. The fourth-order valence-electron chi connectivity index (χ4n) is 10.8. The Labute approximate surface area is 458 Å². The van der Waals surface area contributed by atoms with E-state index in [0.29, 0.717) is 39.0 Å². The second-order valence-electron chi connectivity index (χ2n) is 20.0. The van der Waals surface area contributed by atoms with E-state index >= 15 is 0 Å². The molecule has 0 aliphatic heterocycles. The molecule has 4 aliphatic carbocycles. The van der Waals surface area contributed by atoms with Crippen molar-refractivity contribution in [3.05, 3.63) is 188 Å².